The van der Waals surface area contributed by atoms with Gasteiger partial charge in [0.25, 0.3) is 5.56 Å². The Bertz CT molecular complexity index is 1260. The second kappa shape index (κ2) is 7.87. The summed E-state index contributed by atoms with van der Waals surface area (Å²) in [5.41, 5.74) is 1.18. The number of fused-ring (bicyclic) bond motifs is 1. The molecule has 1 atom stereocenters. The van der Waals surface area contributed by atoms with Gasteiger partial charge in [0.1, 0.15) is 17.4 Å². The average Bonchev–Trinajstić information content (AvgIpc) is 3.10. The minimum atomic E-state index is -0.737. The molecule has 0 amide bonds. The van der Waals surface area contributed by atoms with Gasteiger partial charge >= 0.3 is 0 Å². The Morgan fingerprint density at radius 2 is 1.80 bits per heavy atom. The summed E-state index contributed by atoms with van der Waals surface area (Å²) in [6.07, 6.45) is 1.51. The highest BCUT2D eigenvalue weighted by atomic mass is 35.5. The molecule has 0 aliphatic rings. The summed E-state index contributed by atoms with van der Waals surface area (Å²) < 4.78 is 35.3. The lowest BCUT2D eigenvalue weighted by atomic mass is 10.1. The van der Waals surface area contributed by atoms with E-state index < -0.39 is 23.2 Å². The fraction of sp³-hybridized carbons (Fsp3) is 0.190. The van der Waals surface area contributed by atoms with Crippen LogP contribution in [0.5, 0.6) is 5.75 Å². The van der Waals surface area contributed by atoms with Crippen molar-refractivity contribution >= 4 is 22.8 Å². The van der Waals surface area contributed by atoms with Crippen molar-refractivity contribution in [2.75, 3.05) is 7.11 Å². The number of halogens is 3. The van der Waals surface area contributed by atoms with Crippen molar-refractivity contribution in [3.63, 3.8) is 0 Å². The molecule has 0 saturated carbocycles. The van der Waals surface area contributed by atoms with E-state index >= 15 is 0 Å². The Morgan fingerprint density at radius 3 is 2.43 bits per heavy atom. The highest BCUT2D eigenvalue weighted by Gasteiger charge is 2.20. The molecule has 0 bridgehead atoms. The average molecular weight is 431 g/mol. The fourth-order valence-electron chi connectivity index (χ4n) is 3.33. The summed E-state index contributed by atoms with van der Waals surface area (Å²) in [5.74, 6) is -0.737. The second-order valence-electron chi connectivity index (χ2n) is 6.83. The molecule has 154 valence electrons. The minimum Gasteiger partial charge on any atom is -0.497 e. The van der Waals surface area contributed by atoms with Gasteiger partial charge in [0.05, 0.1) is 26.0 Å². The summed E-state index contributed by atoms with van der Waals surface area (Å²) >= 11 is 6.31. The standard InChI is InChI=1S/C21H17ClF2N4O2/c1-12(14-7-15(23)9-16(24)8-14)28-20(29)18-19(26-21(28)22)27(11-25-18)10-13-3-5-17(30-2)6-4-13/h3-9,11-12H,10H2,1-2H3. The summed E-state index contributed by atoms with van der Waals surface area (Å²) in [4.78, 5) is 21.6. The van der Waals surface area contributed by atoms with Crippen molar-refractivity contribution in [3.8, 4) is 5.75 Å². The Morgan fingerprint density at radius 1 is 1.13 bits per heavy atom. The van der Waals surface area contributed by atoms with E-state index in [4.69, 9.17) is 16.3 Å². The van der Waals surface area contributed by atoms with Crippen LogP contribution in [0.3, 0.4) is 0 Å². The quantitative estimate of drug-likeness (QED) is 0.445. The Hall–Kier alpha value is -3.26. The van der Waals surface area contributed by atoms with Gasteiger partial charge in [0.2, 0.25) is 5.28 Å². The van der Waals surface area contributed by atoms with E-state index in [0.717, 1.165) is 29.5 Å². The van der Waals surface area contributed by atoms with Crippen molar-refractivity contribution in [3.05, 3.63) is 87.2 Å². The van der Waals surface area contributed by atoms with E-state index in [2.05, 4.69) is 9.97 Å². The van der Waals surface area contributed by atoms with Crippen LogP contribution < -0.4 is 10.3 Å². The Labute approximate surface area is 175 Å². The summed E-state index contributed by atoms with van der Waals surface area (Å²) in [7, 11) is 1.59. The SMILES string of the molecule is COc1ccc(Cn2cnc3c(=O)n(C(C)c4cc(F)cc(F)c4)c(Cl)nc32)cc1. The monoisotopic (exact) mass is 430 g/mol. The molecule has 0 aliphatic heterocycles. The number of methoxy groups -OCH3 is 1. The molecule has 6 nitrogen and oxygen atoms in total. The number of ether oxygens (including phenoxy) is 1. The third-order valence-corrected chi connectivity index (χ3v) is 5.16. The molecule has 4 aromatic rings. The van der Waals surface area contributed by atoms with E-state index in [0.29, 0.717) is 12.2 Å². The largest absolute Gasteiger partial charge is 0.497 e. The number of benzene rings is 2. The molecule has 0 fully saturated rings. The molecule has 0 spiro atoms. The van der Waals surface area contributed by atoms with Crippen LogP contribution in [0, 0.1) is 11.6 Å². The second-order valence-corrected chi connectivity index (χ2v) is 7.17. The van der Waals surface area contributed by atoms with Crippen LogP contribution in [0.25, 0.3) is 11.2 Å². The predicted molar refractivity (Wildman–Crippen MR) is 109 cm³/mol. The van der Waals surface area contributed by atoms with Gasteiger partial charge in [-0.2, -0.15) is 4.98 Å². The molecule has 4 rings (SSSR count). The van der Waals surface area contributed by atoms with Gasteiger partial charge in [0, 0.05) is 6.07 Å². The molecule has 2 heterocycles. The number of hydrogen-bond donors (Lipinski definition) is 0. The van der Waals surface area contributed by atoms with Crippen LogP contribution in [0.2, 0.25) is 5.28 Å². The Kier molecular flexibility index (Phi) is 5.26. The smallest absolute Gasteiger partial charge is 0.283 e. The lowest BCUT2D eigenvalue weighted by Gasteiger charge is -2.17. The molecule has 0 aliphatic carbocycles. The van der Waals surface area contributed by atoms with Crippen LogP contribution in [-0.2, 0) is 6.54 Å². The van der Waals surface area contributed by atoms with Crippen molar-refractivity contribution in [2.45, 2.75) is 19.5 Å². The lowest BCUT2D eigenvalue weighted by molar-refractivity contribution is 0.414. The first-order valence-corrected chi connectivity index (χ1v) is 9.47. The van der Waals surface area contributed by atoms with Gasteiger partial charge in [0.15, 0.2) is 11.2 Å². The molecule has 2 aromatic heterocycles. The van der Waals surface area contributed by atoms with Gasteiger partial charge in [-0.05, 0) is 53.9 Å². The molecular weight excluding hydrogens is 414 g/mol. The normalized spacial score (nSPS) is 12.3. The van der Waals surface area contributed by atoms with Crippen LogP contribution >= 0.6 is 11.6 Å². The molecule has 0 N–H and O–H groups in total. The molecule has 0 radical (unpaired) electrons. The molecule has 0 saturated heterocycles. The van der Waals surface area contributed by atoms with Crippen molar-refractivity contribution in [2.24, 2.45) is 0 Å². The fourth-order valence-corrected chi connectivity index (χ4v) is 3.63. The first kappa shape index (κ1) is 20.0. The number of hydrogen-bond acceptors (Lipinski definition) is 4. The van der Waals surface area contributed by atoms with E-state index in [9.17, 15) is 13.6 Å². The zero-order chi connectivity index (χ0) is 21.4. The lowest BCUT2D eigenvalue weighted by Crippen LogP contribution is -2.26. The molecule has 2 aromatic carbocycles. The highest BCUT2D eigenvalue weighted by molar-refractivity contribution is 6.28. The number of nitrogens with zero attached hydrogens (tertiary/aromatic N) is 4. The van der Waals surface area contributed by atoms with Crippen LogP contribution in [0.15, 0.2) is 53.6 Å². The molecular formula is C21H17ClF2N4O2. The Balaban J connectivity index is 1.74. The summed E-state index contributed by atoms with van der Waals surface area (Å²) in [6.45, 7) is 2.04. The van der Waals surface area contributed by atoms with E-state index in [-0.39, 0.29) is 16.4 Å². The van der Waals surface area contributed by atoms with Gasteiger partial charge in [-0.1, -0.05) is 12.1 Å². The zero-order valence-corrected chi connectivity index (χ0v) is 16.9. The number of imidazole rings is 1. The van der Waals surface area contributed by atoms with Gasteiger partial charge in [-0.3, -0.25) is 9.36 Å². The molecule has 1 unspecified atom stereocenters. The maximum absolute atomic E-state index is 13.6. The minimum absolute atomic E-state index is 0.0962. The van der Waals surface area contributed by atoms with E-state index in [1.54, 1.807) is 18.6 Å². The zero-order valence-electron chi connectivity index (χ0n) is 16.1. The third kappa shape index (κ3) is 3.66. The van der Waals surface area contributed by atoms with Crippen molar-refractivity contribution < 1.29 is 13.5 Å². The van der Waals surface area contributed by atoms with Crippen LogP contribution in [-0.4, -0.2) is 26.2 Å². The summed E-state index contributed by atoms with van der Waals surface area (Å²) in [5, 5.41) is -0.0962. The first-order valence-electron chi connectivity index (χ1n) is 9.09. The maximum atomic E-state index is 13.6. The molecule has 30 heavy (non-hydrogen) atoms. The third-order valence-electron chi connectivity index (χ3n) is 4.89. The van der Waals surface area contributed by atoms with Crippen LogP contribution in [0.1, 0.15) is 24.1 Å². The first-order chi connectivity index (χ1) is 14.4. The van der Waals surface area contributed by atoms with E-state index in [1.165, 1.54) is 10.9 Å². The topological polar surface area (TPSA) is 61.9 Å². The molecule has 9 heteroatoms. The highest BCUT2D eigenvalue weighted by Crippen LogP contribution is 2.23. The number of rotatable bonds is 5. The summed E-state index contributed by atoms with van der Waals surface area (Å²) in [6, 6.07) is 9.80. The maximum Gasteiger partial charge on any atom is 0.283 e. The van der Waals surface area contributed by atoms with Crippen molar-refractivity contribution in [1.82, 2.24) is 19.1 Å². The van der Waals surface area contributed by atoms with Gasteiger partial charge < -0.3 is 9.30 Å². The van der Waals surface area contributed by atoms with Crippen LogP contribution in [0.4, 0.5) is 8.78 Å². The number of aromatic nitrogens is 4. The van der Waals surface area contributed by atoms with Gasteiger partial charge in [-0.25, -0.2) is 13.8 Å². The predicted octanol–water partition coefficient (Wildman–Crippen LogP) is 4.19. The van der Waals surface area contributed by atoms with E-state index in [1.807, 2.05) is 24.3 Å². The van der Waals surface area contributed by atoms with Gasteiger partial charge in [-0.15, -0.1) is 0 Å². The van der Waals surface area contributed by atoms with Crippen molar-refractivity contribution in [1.29, 1.82) is 0 Å².